The lowest BCUT2D eigenvalue weighted by molar-refractivity contribution is -0.137. The van der Waals surface area contributed by atoms with Crippen molar-refractivity contribution in [2.24, 2.45) is 5.10 Å². The van der Waals surface area contributed by atoms with Crippen molar-refractivity contribution in [3.63, 3.8) is 0 Å². The van der Waals surface area contributed by atoms with Crippen molar-refractivity contribution in [2.75, 3.05) is 10.8 Å². The topological polar surface area (TPSA) is 88.1 Å². The highest BCUT2D eigenvalue weighted by molar-refractivity contribution is 7.92. The van der Waals surface area contributed by atoms with Gasteiger partial charge in [0.05, 0.1) is 28.5 Å². The molecule has 0 bridgehead atoms. The summed E-state index contributed by atoms with van der Waals surface area (Å²) < 4.78 is 72.8. The van der Waals surface area contributed by atoms with Crippen LogP contribution in [0.2, 0.25) is 0 Å². The first-order chi connectivity index (χ1) is 17.4. The maximum Gasteiger partial charge on any atom is 0.416 e. The summed E-state index contributed by atoms with van der Waals surface area (Å²) in [4.78, 5) is 12.5. The third-order valence-electron chi connectivity index (χ3n) is 5.01. The number of anilines is 1. The molecule has 1 amide bonds. The van der Waals surface area contributed by atoms with Crippen molar-refractivity contribution in [3.05, 3.63) is 89.5 Å². The van der Waals surface area contributed by atoms with Gasteiger partial charge in [0.25, 0.3) is 15.9 Å². The minimum Gasteiger partial charge on any atom is -0.491 e. The number of alkyl halides is 3. The molecule has 0 saturated heterocycles. The quantitative estimate of drug-likeness (QED) is 0.305. The summed E-state index contributed by atoms with van der Waals surface area (Å²) in [5, 5.41) is 3.84. The molecule has 3 rings (SSSR count). The number of carbonyl (C=O) groups excluding carboxylic acids is 1. The van der Waals surface area contributed by atoms with Gasteiger partial charge in [-0.15, -0.1) is 0 Å². The number of halogens is 3. The van der Waals surface area contributed by atoms with Crippen LogP contribution in [0.3, 0.4) is 0 Å². The Labute approximate surface area is 213 Å². The molecule has 7 nitrogen and oxygen atoms in total. The van der Waals surface area contributed by atoms with Crippen LogP contribution in [0.15, 0.2) is 82.8 Å². The minimum absolute atomic E-state index is 0.00904. The number of amides is 1. The highest BCUT2D eigenvalue weighted by Crippen LogP contribution is 2.33. The number of carbonyl (C=O) groups is 1. The number of sulfonamides is 1. The number of ether oxygens (including phenoxy) is 1. The molecule has 0 aliphatic carbocycles. The van der Waals surface area contributed by atoms with Crippen LogP contribution in [0.25, 0.3) is 0 Å². The van der Waals surface area contributed by atoms with Crippen molar-refractivity contribution in [1.29, 1.82) is 0 Å². The Hall–Kier alpha value is -3.86. The zero-order valence-corrected chi connectivity index (χ0v) is 21.2. The van der Waals surface area contributed by atoms with Crippen LogP contribution in [0.5, 0.6) is 5.75 Å². The summed E-state index contributed by atoms with van der Waals surface area (Å²) in [6, 6.07) is 16.4. The van der Waals surface area contributed by atoms with Gasteiger partial charge in [-0.3, -0.25) is 9.10 Å². The summed E-state index contributed by atoms with van der Waals surface area (Å²) in [5.41, 5.74) is 2.30. The van der Waals surface area contributed by atoms with Crippen LogP contribution in [-0.2, 0) is 21.0 Å². The van der Waals surface area contributed by atoms with Gasteiger partial charge in [0.1, 0.15) is 12.3 Å². The van der Waals surface area contributed by atoms with Crippen LogP contribution >= 0.6 is 0 Å². The Kier molecular flexibility index (Phi) is 8.59. The second-order valence-electron chi connectivity index (χ2n) is 8.40. The van der Waals surface area contributed by atoms with E-state index in [4.69, 9.17) is 4.74 Å². The van der Waals surface area contributed by atoms with Gasteiger partial charge in [0.15, 0.2) is 0 Å². The fraction of sp³-hybridized carbons (Fsp3) is 0.231. The third-order valence-corrected chi connectivity index (χ3v) is 6.80. The highest BCUT2D eigenvalue weighted by atomic mass is 32.2. The largest absolute Gasteiger partial charge is 0.491 e. The molecule has 1 N–H and O–H groups in total. The van der Waals surface area contributed by atoms with E-state index >= 15 is 0 Å². The highest BCUT2D eigenvalue weighted by Gasteiger charge is 2.33. The van der Waals surface area contributed by atoms with E-state index in [1.54, 1.807) is 43.3 Å². The number of hydrazone groups is 1. The Balaban J connectivity index is 1.84. The Morgan fingerprint density at radius 2 is 1.70 bits per heavy atom. The molecular formula is C26H26F3N3O4S. The molecule has 0 unspecified atom stereocenters. The Morgan fingerprint density at radius 3 is 2.30 bits per heavy atom. The van der Waals surface area contributed by atoms with Crippen LogP contribution in [0, 0.1) is 6.92 Å². The monoisotopic (exact) mass is 533 g/mol. The van der Waals surface area contributed by atoms with Crippen molar-refractivity contribution >= 4 is 27.8 Å². The van der Waals surface area contributed by atoms with Gasteiger partial charge in [-0.2, -0.15) is 18.3 Å². The molecule has 0 heterocycles. The van der Waals surface area contributed by atoms with Crippen LogP contribution in [-0.4, -0.2) is 33.2 Å². The maximum absolute atomic E-state index is 13.4. The number of nitrogens with zero attached hydrogens (tertiary/aromatic N) is 2. The standard InChI is InChI=1S/C26H26F3N3O4S/c1-18(2)36-23-11-9-20(10-12-23)16-30-31-25(33)17-32(22-6-4-5-21(15-22)26(27,28)29)37(34,35)24-13-7-19(3)8-14-24/h4-16,18H,17H2,1-3H3,(H,31,33)/b30-16-. The molecule has 196 valence electrons. The minimum atomic E-state index is -4.70. The number of aryl methyl sites for hydroxylation is 1. The molecule has 3 aromatic carbocycles. The summed E-state index contributed by atoms with van der Waals surface area (Å²) in [5.74, 6) is -0.182. The van der Waals surface area contributed by atoms with Gasteiger partial charge < -0.3 is 4.74 Å². The fourth-order valence-electron chi connectivity index (χ4n) is 3.24. The first-order valence-corrected chi connectivity index (χ1v) is 12.7. The molecule has 11 heteroatoms. The van der Waals surface area contributed by atoms with Crippen molar-refractivity contribution in [1.82, 2.24) is 5.43 Å². The van der Waals surface area contributed by atoms with Crippen LogP contribution in [0.4, 0.5) is 18.9 Å². The van der Waals surface area contributed by atoms with Crippen molar-refractivity contribution in [2.45, 2.75) is 37.9 Å². The molecule has 0 aromatic heterocycles. The average Bonchev–Trinajstić information content (AvgIpc) is 2.83. The first kappa shape index (κ1) is 27.7. The number of nitrogens with one attached hydrogen (secondary N) is 1. The Bertz CT molecular complexity index is 1360. The smallest absolute Gasteiger partial charge is 0.416 e. The lowest BCUT2D eigenvalue weighted by Gasteiger charge is -2.24. The second kappa shape index (κ2) is 11.5. The molecule has 0 fully saturated rings. The molecule has 0 aliphatic rings. The number of hydrogen-bond acceptors (Lipinski definition) is 5. The normalized spacial score (nSPS) is 12.1. The predicted molar refractivity (Wildman–Crippen MR) is 135 cm³/mol. The lowest BCUT2D eigenvalue weighted by atomic mass is 10.2. The van der Waals surface area contributed by atoms with Crippen molar-refractivity contribution < 1.29 is 31.1 Å². The van der Waals surface area contributed by atoms with E-state index in [2.05, 4.69) is 10.5 Å². The molecule has 0 aliphatic heterocycles. The van der Waals surface area contributed by atoms with Gasteiger partial charge in [0.2, 0.25) is 0 Å². The van der Waals surface area contributed by atoms with E-state index in [0.717, 1.165) is 17.7 Å². The third kappa shape index (κ3) is 7.56. The molecule has 37 heavy (non-hydrogen) atoms. The number of hydrogen-bond donors (Lipinski definition) is 1. The van der Waals surface area contributed by atoms with Gasteiger partial charge in [-0.05, 0) is 80.9 Å². The zero-order valence-electron chi connectivity index (χ0n) is 20.4. The van der Waals surface area contributed by atoms with Gasteiger partial charge in [-0.1, -0.05) is 23.8 Å². The Morgan fingerprint density at radius 1 is 1.05 bits per heavy atom. The summed E-state index contributed by atoms with van der Waals surface area (Å²) in [6.45, 7) is 4.76. The molecule has 0 spiro atoms. The lowest BCUT2D eigenvalue weighted by Crippen LogP contribution is -2.39. The second-order valence-corrected chi connectivity index (χ2v) is 10.3. The average molecular weight is 534 g/mol. The first-order valence-electron chi connectivity index (χ1n) is 11.2. The number of benzene rings is 3. The van der Waals surface area contributed by atoms with Gasteiger partial charge in [-0.25, -0.2) is 13.8 Å². The molecular weight excluding hydrogens is 507 g/mol. The maximum atomic E-state index is 13.4. The summed E-state index contributed by atoms with van der Waals surface area (Å²) >= 11 is 0. The van der Waals surface area contributed by atoms with Crippen molar-refractivity contribution in [3.8, 4) is 5.75 Å². The van der Waals surface area contributed by atoms with E-state index < -0.39 is 34.2 Å². The van der Waals surface area contributed by atoms with Crippen LogP contribution in [0.1, 0.15) is 30.5 Å². The summed E-state index contributed by atoms with van der Waals surface area (Å²) in [7, 11) is -4.38. The molecule has 0 radical (unpaired) electrons. The van der Waals surface area contributed by atoms with E-state index in [-0.39, 0.29) is 16.7 Å². The molecule has 0 atom stereocenters. The zero-order chi connectivity index (χ0) is 27.2. The predicted octanol–water partition coefficient (Wildman–Crippen LogP) is 5.15. The number of rotatable bonds is 9. The molecule has 0 saturated carbocycles. The van der Waals surface area contributed by atoms with E-state index in [0.29, 0.717) is 21.7 Å². The van der Waals surface area contributed by atoms with E-state index in [1.165, 1.54) is 24.4 Å². The van der Waals surface area contributed by atoms with Crippen LogP contribution < -0.4 is 14.5 Å². The fourth-order valence-corrected chi connectivity index (χ4v) is 4.65. The summed E-state index contributed by atoms with van der Waals surface area (Å²) in [6.07, 6.45) is -3.34. The van der Waals surface area contributed by atoms with E-state index in [1.807, 2.05) is 13.8 Å². The SMILES string of the molecule is Cc1ccc(S(=O)(=O)N(CC(=O)N/N=C\c2ccc(OC(C)C)cc2)c2cccc(C(F)(F)F)c2)cc1. The van der Waals surface area contributed by atoms with E-state index in [9.17, 15) is 26.4 Å². The van der Waals surface area contributed by atoms with Gasteiger partial charge >= 0.3 is 6.18 Å². The van der Waals surface area contributed by atoms with Gasteiger partial charge in [0, 0.05) is 0 Å². The molecule has 3 aromatic rings.